The number of rotatable bonds is 11. The van der Waals surface area contributed by atoms with Gasteiger partial charge in [0.25, 0.3) is 0 Å². The number of aromatic nitrogens is 4. The summed E-state index contributed by atoms with van der Waals surface area (Å²) in [6, 6.07) is 5.95. The third kappa shape index (κ3) is 5.91. The number of anilines is 1. The maximum atomic E-state index is 13.0. The van der Waals surface area contributed by atoms with E-state index in [0.29, 0.717) is 13.1 Å². The summed E-state index contributed by atoms with van der Waals surface area (Å²) in [7, 11) is 0. The average molecular weight is 431 g/mol. The highest BCUT2D eigenvalue weighted by molar-refractivity contribution is 7.99. The zero-order valence-corrected chi connectivity index (χ0v) is 18.1. The molecule has 0 aliphatic rings. The van der Waals surface area contributed by atoms with Crippen LogP contribution >= 0.6 is 11.8 Å². The standard InChI is InChI=1S/C21H27FN6OS/c1-3-9-24-19-17-14-25-28(20(17)27-21(26-19)30-12-4-2)11-10-23-18(29)13-15-5-7-16(22)8-6-15/h5-8,14H,3-4,9-13H2,1-2H3,(H,23,29)(H,24,26,27). The number of hydrogen-bond donors (Lipinski definition) is 2. The summed E-state index contributed by atoms with van der Waals surface area (Å²) in [4.78, 5) is 21.5. The van der Waals surface area contributed by atoms with Crippen molar-refractivity contribution in [2.45, 2.75) is 44.8 Å². The van der Waals surface area contributed by atoms with E-state index >= 15 is 0 Å². The predicted molar refractivity (Wildman–Crippen MR) is 118 cm³/mol. The Bertz CT molecular complexity index is 976. The second-order valence-corrected chi connectivity index (χ2v) is 7.95. The van der Waals surface area contributed by atoms with E-state index in [1.807, 2.05) is 0 Å². The largest absolute Gasteiger partial charge is 0.369 e. The Morgan fingerprint density at radius 3 is 2.67 bits per heavy atom. The topological polar surface area (TPSA) is 84.7 Å². The van der Waals surface area contributed by atoms with E-state index in [0.717, 1.165) is 52.7 Å². The molecule has 2 aromatic heterocycles. The molecule has 0 unspecified atom stereocenters. The van der Waals surface area contributed by atoms with Gasteiger partial charge in [0, 0.05) is 18.8 Å². The van der Waals surface area contributed by atoms with Crippen LogP contribution in [0, 0.1) is 5.82 Å². The zero-order valence-electron chi connectivity index (χ0n) is 17.3. The van der Waals surface area contributed by atoms with Crippen molar-refractivity contribution in [1.29, 1.82) is 0 Å². The van der Waals surface area contributed by atoms with Crippen molar-refractivity contribution in [3.63, 3.8) is 0 Å². The van der Waals surface area contributed by atoms with Crippen molar-refractivity contribution < 1.29 is 9.18 Å². The summed E-state index contributed by atoms with van der Waals surface area (Å²) < 4.78 is 14.8. The van der Waals surface area contributed by atoms with Crippen molar-refractivity contribution in [3.05, 3.63) is 41.8 Å². The minimum atomic E-state index is -0.309. The van der Waals surface area contributed by atoms with Gasteiger partial charge in [-0.2, -0.15) is 5.10 Å². The molecule has 0 aliphatic carbocycles. The van der Waals surface area contributed by atoms with Gasteiger partial charge >= 0.3 is 0 Å². The molecule has 0 spiro atoms. The Hall–Kier alpha value is -2.68. The van der Waals surface area contributed by atoms with Gasteiger partial charge in [-0.15, -0.1) is 0 Å². The Labute approximate surface area is 179 Å². The van der Waals surface area contributed by atoms with Crippen LogP contribution in [0.15, 0.2) is 35.6 Å². The highest BCUT2D eigenvalue weighted by Gasteiger charge is 2.13. The number of fused-ring (bicyclic) bond motifs is 1. The van der Waals surface area contributed by atoms with E-state index in [1.54, 1.807) is 34.8 Å². The highest BCUT2D eigenvalue weighted by atomic mass is 32.2. The van der Waals surface area contributed by atoms with Gasteiger partial charge in [0.2, 0.25) is 5.91 Å². The van der Waals surface area contributed by atoms with Crippen LogP contribution in [0.2, 0.25) is 0 Å². The smallest absolute Gasteiger partial charge is 0.224 e. The number of halogens is 1. The molecule has 1 aromatic carbocycles. The molecule has 2 N–H and O–H groups in total. The van der Waals surface area contributed by atoms with Crippen LogP contribution in [-0.2, 0) is 17.8 Å². The number of carbonyl (C=O) groups is 1. The maximum Gasteiger partial charge on any atom is 0.224 e. The van der Waals surface area contributed by atoms with Crippen LogP contribution in [-0.4, -0.2) is 44.5 Å². The maximum absolute atomic E-state index is 13.0. The number of benzene rings is 1. The fraction of sp³-hybridized carbons (Fsp3) is 0.429. The van der Waals surface area contributed by atoms with E-state index in [2.05, 4.69) is 39.5 Å². The van der Waals surface area contributed by atoms with Gasteiger partial charge < -0.3 is 10.6 Å². The van der Waals surface area contributed by atoms with E-state index in [9.17, 15) is 9.18 Å². The fourth-order valence-corrected chi connectivity index (χ4v) is 3.58. The summed E-state index contributed by atoms with van der Waals surface area (Å²) >= 11 is 1.63. The molecule has 160 valence electrons. The first-order chi connectivity index (χ1) is 14.6. The van der Waals surface area contributed by atoms with E-state index < -0.39 is 0 Å². The third-order valence-corrected chi connectivity index (χ3v) is 5.43. The van der Waals surface area contributed by atoms with Gasteiger partial charge in [0.1, 0.15) is 11.6 Å². The lowest BCUT2D eigenvalue weighted by Gasteiger charge is -2.09. The van der Waals surface area contributed by atoms with Gasteiger partial charge in [-0.05, 0) is 30.5 Å². The number of amides is 1. The molecule has 0 fully saturated rings. The first-order valence-corrected chi connectivity index (χ1v) is 11.2. The van der Waals surface area contributed by atoms with Gasteiger partial charge in [0.15, 0.2) is 10.8 Å². The summed E-state index contributed by atoms with van der Waals surface area (Å²) in [6.45, 7) is 5.99. The molecule has 0 saturated heterocycles. The minimum absolute atomic E-state index is 0.114. The summed E-state index contributed by atoms with van der Waals surface area (Å²) in [5.74, 6) is 1.33. The molecule has 0 atom stereocenters. The molecule has 30 heavy (non-hydrogen) atoms. The molecule has 0 radical (unpaired) electrons. The average Bonchev–Trinajstić information content (AvgIpc) is 3.15. The second kappa shape index (κ2) is 10.9. The Morgan fingerprint density at radius 2 is 1.93 bits per heavy atom. The molecule has 3 rings (SSSR count). The monoisotopic (exact) mass is 430 g/mol. The van der Waals surface area contributed by atoms with Crippen LogP contribution < -0.4 is 10.6 Å². The lowest BCUT2D eigenvalue weighted by molar-refractivity contribution is -0.120. The minimum Gasteiger partial charge on any atom is -0.369 e. The molecule has 9 heteroatoms. The molecule has 0 aliphatic heterocycles. The van der Waals surface area contributed by atoms with Crippen LogP contribution in [0.1, 0.15) is 32.3 Å². The molecule has 0 saturated carbocycles. The van der Waals surface area contributed by atoms with Crippen molar-refractivity contribution in [3.8, 4) is 0 Å². The lowest BCUT2D eigenvalue weighted by Crippen LogP contribution is -2.28. The first kappa shape index (κ1) is 22.0. The summed E-state index contributed by atoms with van der Waals surface area (Å²) in [6.07, 6.45) is 4.02. The molecule has 0 bridgehead atoms. The van der Waals surface area contributed by atoms with E-state index in [4.69, 9.17) is 0 Å². The first-order valence-electron chi connectivity index (χ1n) is 10.2. The fourth-order valence-electron chi connectivity index (χ4n) is 2.89. The van der Waals surface area contributed by atoms with Gasteiger partial charge in [0.05, 0.1) is 24.5 Å². The van der Waals surface area contributed by atoms with Crippen molar-refractivity contribution >= 4 is 34.5 Å². The molecular weight excluding hydrogens is 403 g/mol. The molecule has 7 nitrogen and oxygen atoms in total. The Balaban J connectivity index is 1.66. The number of nitrogens with one attached hydrogen (secondary N) is 2. The second-order valence-electron chi connectivity index (χ2n) is 6.89. The van der Waals surface area contributed by atoms with Gasteiger partial charge in [-0.3, -0.25) is 4.79 Å². The lowest BCUT2D eigenvalue weighted by atomic mass is 10.1. The number of thioether (sulfide) groups is 1. The van der Waals surface area contributed by atoms with Crippen LogP contribution in [0.5, 0.6) is 0 Å². The zero-order chi connectivity index (χ0) is 21.3. The van der Waals surface area contributed by atoms with Crippen LogP contribution in [0.4, 0.5) is 10.2 Å². The van der Waals surface area contributed by atoms with Gasteiger partial charge in [-0.25, -0.2) is 19.0 Å². The predicted octanol–water partition coefficient (Wildman–Crippen LogP) is 3.65. The van der Waals surface area contributed by atoms with Crippen molar-refractivity contribution in [1.82, 2.24) is 25.1 Å². The van der Waals surface area contributed by atoms with Crippen LogP contribution in [0.25, 0.3) is 11.0 Å². The quantitative estimate of drug-likeness (QED) is 0.357. The SMILES string of the molecule is CCCNc1nc(SCCC)nc2c1cnn2CCNC(=O)Cc1ccc(F)cc1. The van der Waals surface area contributed by atoms with Crippen molar-refractivity contribution in [2.24, 2.45) is 0 Å². The summed E-state index contributed by atoms with van der Waals surface area (Å²) in [5.41, 5.74) is 1.53. The third-order valence-electron chi connectivity index (χ3n) is 4.38. The highest BCUT2D eigenvalue weighted by Crippen LogP contribution is 2.24. The summed E-state index contributed by atoms with van der Waals surface area (Å²) in [5, 5.41) is 12.3. The number of carbonyl (C=O) groups excluding carboxylic acids is 1. The molecular formula is C21H27FN6OS. The number of hydrogen-bond acceptors (Lipinski definition) is 6. The Kier molecular flexibility index (Phi) is 8.01. The Morgan fingerprint density at radius 1 is 1.13 bits per heavy atom. The molecule has 3 aromatic rings. The normalized spacial score (nSPS) is 11.0. The number of nitrogens with zero attached hydrogens (tertiary/aromatic N) is 4. The van der Waals surface area contributed by atoms with Gasteiger partial charge in [-0.1, -0.05) is 37.7 Å². The van der Waals surface area contributed by atoms with Crippen LogP contribution in [0.3, 0.4) is 0 Å². The van der Waals surface area contributed by atoms with E-state index in [1.165, 1.54) is 12.1 Å². The molecule has 1 amide bonds. The van der Waals surface area contributed by atoms with Crippen molar-refractivity contribution in [2.75, 3.05) is 24.2 Å². The van der Waals surface area contributed by atoms with E-state index in [-0.39, 0.29) is 18.1 Å². The molecule has 2 heterocycles.